The Morgan fingerprint density at radius 1 is 1.14 bits per heavy atom. The first-order valence-corrected chi connectivity index (χ1v) is 9.62. The highest BCUT2D eigenvalue weighted by molar-refractivity contribution is 7.21. The Morgan fingerprint density at radius 2 is 2.00 bits per heavy atom. The molecule has 10 heteroatoms. The SMILES string of the molecule is O=[N+]([O-])c1cc2c(NCc3ccc(Cl)c(Cl)c3)nc(-c3cccnc3)nc2s1. The van der Waals surface area contributed by atoms with Crippen molar-refractivity contribution in [2.75, 3.05) is 5.32 Å². The van der Waals surface area contributed by atoms with Crippen molar-refractivity contribution in [1.82, 2.24) is 15.0 Å². The second-order valence-corrected chi connectivity index (χ2v) is 7.62. The van der Waals surface area contributed by atoms with Crippen LogP contribution >= 0.6 is 34.5 Å². The smallest absolute Gasteiger partial charge is 0.326 e. The van der Waals surface area contributed by atoms with Gasteiger partial charge in [0.15, 0.2) is 5.82 Å². The molecule has 140 valence electrons. The molecule has 0 amide bonds. The van der Waals surface area contributed by atoms with E-state index in [4.69, 9.17) is 23.2 Å². The van der Waals surface area contributed by atoms with Crippen LogP contribution in [0.2, 0.25) is 10.0 Å². The summed E-state index contributed by atoms with van der Waals surface area (Å²) in [5.41, 5.74) is 1.62. The quantitative estimate of drug-likeness (QED) is 0.327. The number of nitro groups is 1. The molecule has 1 aromatic carbocycles. The van der Waals surface area contributed by atoms with Crippen LogP contribution in [0.5, 0.6) is 0 Å². The number of halogens is 2. The van der Waals surface area contributed by atoms with Gasteiger partial charge in [0.25, 0.3) is 0 Å². The minimum absolute atomic E-state index is 0.00484. The molecule has 4 aromatic rings. The van der Waals surface area contributed by atoms with Gasteiger partial charge in [0.1, 0.15) is 10.6 Å². The van der Waals surface area contributed by atoms with Gasteiger partial charge in [0.05, 0.1) is 20.4 Å². The molecular weight excluding hydrogens is 421 g/mol. The average molecular weight is 432 g/mol. The van der Waals surface area contributed by atoms with Crippen LogP contribution in [0.25, 0.3) is 21.6 Å². The van der Waals surface area contributed by atoms with Crippen LogP contribution in [-0.4, -0.2) is 19.9 Å². The van der Waals surface area contributed by atoms with Gasteiger partial charge in [-0.25, -0.2) is 9.97 Å². The number of fused-ring (bicyclic) bond motifs is 1. The van der Waals surface area contributed by atoms with Crippen molar-refractivity contribution in [2.24, 2.45) is 0 Å². The fourth-order valence-corrected chi connectivity index (χ4v) is 3.76. The Bertz CT molecular complexity index is 1180. The van der Waals surface area contributed by atoms with E-state index in [9.17, 15) is 10.1 Å². The molecule has 0 unspecified atom stereocenters. The van der Waals surface area contributed by atoms with Crippen molar-refractivity contribution in [1.29, 1.82) is 0 Å². The summed E-state index contributed by atoms with van der Waals surface area (Å²) in [6, 6.07) is 10.4. The molecule has 1 N–H and O–H groups in total. The molecule has 0 atom stereocenters. The van der Waals surface area contributed by atoms with E-state index < -0.39 is 4.92 Å². The molecular formula is C18H11Cl2N5O2S. The summed E-state index contributed by atoms with van der Waals surface area (Å²) < 4.78 is 0. The molecule has 0 aliphatic carbocycles. The Hall–Kier alpha value is -2.81. The number of benzene rings is 1. The van der Waals surface area contributed by atoms with E-state index in [1.807, 2.05) is 12.1 Å². The maximum absolute atomic E-state index is 11.2. The van der Waals surface area contributed by atoms with Crippen molar-refractivity contribution in [2.45, 2.75) is 6.54 Å². The summed E-state index contributed by atoms with van der Waals surface area (Å²) in [4.78, 5) is 24.4. The molecule has 3 aromatic heterocycles. The van der Waals surface area contributed by atoms with Gasteiger partial charge in [0, 0.05) is 30.6 Å². The van der Waals surface area contributed by atoms with Crippen molar-refractivity contribution in [3.63, 3.8) is 0 Å². The number of nitrogens with zero attached hydrogens (tertiary/aromatic N) is 4. The van der Waals surface area contributed by atoms with Crippen LogP contribution in [0.1, 0.15) is 5.56 Å². The monoisotopic (exact) mass is 431 g/mol. The molecule has 0 saturated heterocycles. The van der Waals surface area contributed by atoms with E-state index in [0.717, 1.165) is 22.5 Å². The molecule has 3 heterocycles. The summed E-state index contributed by atoms with van der Waals surface area (Å²) >= 11 is 13.0. The number of nitrogens with one attached hydrogen (secondary N) is 1. The van der Waals surface area contributed by atoms with Crippen LogP contribution in [0.4, 0.5) is 10.8 Å². The van der Waals surface area contributed by atoms with E-state index in [1.54, 1.807) is 30.6 Å². The van der Waals surface area contributed by atoms with Crippen LogP contribution in [0, 0.1) is 10.1 Å². The Kier molecular flexibility index (Phi) is 5.08. The number of aromatic nitrogens is 3. The highest BCUT2D eigenvalue weighted by Crippen LogP contribution is 2.35. The largest absolute Gasteiger partial charge is 0.365 e. The van der Waals surface area contributed by atoms with Crippen molar-refractivity contribution >= 4 is 55.6 Å². The maximum atomic E-state index is 11.2. The number of hydrogen-bond acceptors (Lipinski definition) is 7. The van der Waals surface area contributed by atoms with Crippen molar-refractivity contribution in [3.8, 4) is 11.4 Å². The lowest BCUT2D eigenvalue weighted by molar-refractivity contribution is -0.380. The molecule has 0 saturated carbocycles. The standard InChI is InChI=1S/C18H11Cl2N5O2S/c19-13-4-3-10(6-14(13)20)8-22-17-12-7-15(25(26)27)28-18(12)24-16(23-17)11-2-1-5-21-9-11/h1-7,9H,8H2,(H,22,23,24). The molecule has 0 bridgehead atoms. The van der Waals surface area contributed by atoms with Crippen molar-refractivity contribution < 1.29 is 4.92 Å². The third-order valence-corrected chi connectivity index (χ3v) is 5.64. The summed E-state index contributed by atoms with van der Waals surface area (Å²) in [7, 11) is 0. The maximum Gasteiger partial charge on any atom is 0.326 e. The van der Waals surface area contributed by atoms with E-state index in [2.05, 4.69) is 20.3 Å². The summed E-state index contributed by atoms with van der Waals surface area (Å²) in [5.74, 6) is 0.938. The number of rotatable bonds is 5. The summed E-state index contributed by atoms with van der Waals surface area (Å²) in [6.07, 6.45) is 3.30. The minimum Gasteiger partial charge on any atom is -0.365 e. The summed E-state index contributed by atoms with van der Waals surface area (Å²) in [5, 5.41) is 15.9. The molecule has 0 aliphatic heterocycles. The molecule has 0 spiro atoms. The Balaban J connectivity index is 1.75. The lowest BCUT2D eigenvalue weighted by Crippen LogP contribution is -2.03. The second kappa shape index (κ2) is 7.67. The van der Waals surface area contributed by atoms with Gasteiger partial charge in [-0.15, -0.1) is 0 Å². The van der Waals surface area contributed by atoms with E-state index in [-0.39, 0.29) is 5.00 Å². The van der Waals surface area contributed by atoms with E-state index in [1.165, 1.54) is 6.07 Å². The highest BCUT2D eigenvalue weighted by atomic mass is 35.5. The van der Waals surface area contributed by atoms with Gasteiger partial charge in [-0.3, -0.25) is 15.1 Å². The van der Waals surface area contributed by atoms with Gasteiger partial charge >= 0.3 is 5.00 Å². The average Bonchev–Trinajstić information content (AvgIpc) is 3.14. The number of hydrogen-bond donors (Lipinski definition) is 1. The Labute approximate surface area is 173 Å². The van der Waals surface area contributed by atoms with Crippen molar-refractivity contribution in [3.05, 3.63) is 74.5 Å². The minimum atomic E-state index is -0.432. The first kappa shape index (κ1) is 18.5. The lowest BCUT2D eigenvalue weighted by Gasteiger charge is -2.09. The highest BCUT2D eigenvalue weighted by Gasteiger charge is 2.18. The molecule has 4 rings (SSSR count). The van der Waals surface area contributed by atoms with Gasteiger partial charge in [0.2, 0.25) is 0 Å². The molecule has 0 radical (unpaired) electrons. The lowest BCUT2D eigenvalue weighted by atomic mass is 10.2. The van der Waals surface area contributed by atoms with E-state index in [0.29, 0.717) is 38.4 Å². The van der Waals surface area contributed by atoms with Crippen LogP contribution in [0.15, 0.2) is 48.8 Å². The topological polar surface area (TPSA) is 93.8 Å². The number of thiophene rings is 1. The van der Waals surface area contributed by atoms with Gasteiger partial charge in [-0.1, -0.05) is 29.3 Å². The van der Waals surface area contributed by atoms with Crippen LogP contribution in [0.3, 0.4) is 0 Å². The van der Waals surface area contributed by atoms with Gasteiger partial charge in [-0.05, 0) is 41.2 Å². The first-order valence-electron chi connectivity index (χ1n) is 8.05. The number of anilines is 1. The Morgan fingerprint density at radius 3 is 2.71 bits per heavy atom. The zero-order valence-corrected chi connectivity index (χ0v) is 16.4. The first-order chi connectivity index (χ1) is 13.5. The fraction of sp³-hybridized carbons (Fsp3) is 0.0556. The molecule has 7 nitrogen and oxygen atoms in total. The normalized spacial score (nSPS) is 10.9. The second-order valence-electron chi connectivity index (χ2n) is 5.80. The molecule has 28 heavy (non-hydrogen) atoms. The van der Waals surface area contributed by atoms with Crippen LogP contribution in [-0.2, 0) is 6.54 Å². The number of pyridine rings is 1. The zero-order chi connectivity index (χ0) is 19.7. The van der Waals surface area contributed by atoms with Gasteiger partial charge < -0.3 is 5.32 Å². The summed E-state index contributed by atoms with van der Waals surface area (Å²) in [6.45, 7) is 0.416. The third kappa shape index (κ3) is 3.75. The predicted molar refractivity (Wildman–Crippen MR) is 111 cm³/mol. The predicted octanol–water partition coefficient (Wildman–Crippen LogP) is 5.58. The molecule has 0 fully saturated rings. The molecule has 0 aliphatic rings. The fourth-order valence-electron chi connectivity index (χ4n) is 2.59. The van der Waals surface area contributed by atoms with E-state index >= 15 is 0 Å². The van der Waals surface area contributed by atoms with Gasteiger partial charge in [-0.2, -0.15) is 0 Å². The van der Waals surface area contributed by atoms with Crippen LogP contribution < -0.4 is 5.32 Å². The third-order valence-electron chi connectivity index (χ3n) is 3.92. The zero-order valence-electron chi connectivity index (χ0n) is 14.1.